The highest BCUT2D eigenvalue weighted by Crippen LogP contribution is 2.13. The maximum absolute atomic E-state index is 12.0. The van der Waals surface area contributed by atoms with E-state index in [0.717, 1.165) is 0 Å². The third-order valence-electron chi connectivity index (χ3n) is 3.02. The topological polar surface area (TPSA) is 86.3 Å². The maximum atomic E-state index is 12.0. The molecule has 0 bridgehead atoms. The lowest BCUT2D eigenvalue weighted by atomic mass is 10.0. The molecule has 1 aromatic carbocycles. The standard InChI is InChI=1S/C16H16N2O3/c1-16(20,9-14-6-3-7-21-14)11-18-15(19)13-5-2-4-12(8-13)10-17/h2-8,20H,9,11H2,1H3,(H,18,19). The number of furan rings is 1. The van der Waals surface area contributed by atoms with E-state index in [9.17, 15) is 9.90 Å². The lowest BCUT2D eigenvalue weighted by molar-refractivity contribution is 0.0510. The van der Waals surface area contributed by atoms with Crippen molar-refractivity contribution in [1.82, 2.24) is 5.32 Å². The quantitative estimate of drug-likeness (QED) is 0.877. The number of hydrogen-bond donors (Lipinski definition) is 2. The van der Waals surface area contributed by atoms with Crippen molar-refractivity contribution in [3.8, 4) is 6.07 Å². The van der Waals surface area contributed by atoms with E-state index in [0.29, 0.717) is 23.3 Å². The molecule has 5 nitrogen and oxygen atoms in total. The molecule has 0 aliphatic heterocycles. The van der Waals surface area contributed by atoms with Crippen LogP contribution in [-0.4, -0.2) is 23.2 Å². The summed E-state index contributed by atoms with van der Waals surface area (Å²) in [5.41, 5.74) is -0.298. The summed E-state index contributed by atoms with van der Waals surface area (Å²) in [4.78, 5) is 12.0. The van der Waals surface area contributed by atoms with Crippen LogP contribution in [-0.2, 0) is 6.42 Å². The molecule has 1 heterocycles. The van der Waals surface area contributed by atoms with E-state index >= 15 is 0 Å². The van der Waals surface area contributed by atoms with Gasteiger partial charge in [0.25, 0.3) is 5.91 Å². The highest BCUT2D eigenvalue weighted by atomic mass is 16.3. The molecule has 2 aromatic rings. The number of aliphatic hydroxyl groups is 1. The first-order chi connectivity index (χ1) is 10.00. The van der Waals surface area contributed by atoms with Crippen LogP contribution in [0, 0.1) is 11.3 Å². The van der Waals surface area contributed by atoms with Gasteiger partial charge in [-0.25, -0.2) is 0 Å². The Morgan fingerprint density at radius 3 is 2.90 bits per heavy atom. The Labute approximate surface area is 122 Å². The fourth-order valence-corrected chi connectivity index (χ4v) is 1.95. The second-order valence-electron chi connectivity index (χ2n) is 5.13. The fraction of sp³-hybridized carbons (Fsp3) is 0.250. The number of hydrogen-bond acceptors (Lipinski definition) is 4. The van der Waals surface area contributed by atoms with Gasteiger partial charge in [0, 0.05) is 18.5 Å². The van der Waals surface area contributed by atoms with Crippen LogP contribution in [0.3, 0.4) is 0 Å². The minimum absolute atomic E-state index is 0.0866. The van der Waals surface area contributed by atoms with E-state index in [2.05, 4.69) is 5.32 Å². The minimum Gasteiger partial charge on any atom is -0.469 e. The first-order valence-corrected chi connectivity index (χ1v) is 6.53. The summed E-state index contributed by atoms with van der Waals surface area (Å²) in [5.74, 6) is 0.326. The molecule has 2 N–H and O–H groups in total. The van der Waals surface area contributed by atoms with Crippen LogP contribution in [0.5, 0.6) is 0 Å². The highest BCUT2D eigenvalue weighted by Gasteiger charge is 2.23. The molecule has 5 heteroatoms. The van der Waals surface area contributed by atoms with E-state index in [1.165, 1.54) is 12.3 Å². The number of amides is 1. The van der Waals surface area contributed by atoms with Crippen molar-refractivity contribution in [3.63, 3.8) is 0 Å². The molecule has 0 saturated heterocycles. The van der Waals surface area contributed by atoms with Gasteiger partial charge in [-0.1, -0.05) is 6.07 Å². The van der Waals surface area contributed by atoms with Crippen molar-refractivity contribution in [2.75, 3.05) is 6.54 Å². The molecule has 1 aromatic heterocycles. The largest absolute Gasteiger partial charge is 0.469 e. The van der Waals surface area contributed by atoms with Crippen molar-refractivity contribution < 1.29 is 14.3 Å². The summed E-state index contributed by atoms with van der Waals surface area (Å²) in [6.45, 7) is 1.71. The molecule has 0 spiro atoms. The van der Waals surface area contributed by atoms with Crippen LogP contribution in [0.4, 0.5) is 0 Å². The van der Waals surface area contributed by atoms with E-state index < -0.39 is 5.60 Å². The third-order valence-corrected chi connectivity index (χ3v) is 3.02. The van der Waals surface area contributed by atoms with Gasteiger partial charge >= 0.3 is 0 Å². The summed E-state index contributed by atoms with van der Waals surface area (Å²) in [5, 5.41) is 21.7. The lowest BCUT2D eigenvalue weighted by Crippen LogP contribution is -2.42. The van der Waals surface area contributed by atoms with Gasteiger partial charge in [-0.05, 0) is 37.3 Å². The number of rotatable bonds is 5. The third kappa shape index (κ3) is 4.20. The molecular formula is C16H16N2O3. The maximum Gasteiger partial charge on any atom is 0.251 e. The van der Waals surface area contributed by atoms with Crippen LogP contribution in [0.2, 0.25) is 0 Å². The SMILES string of the molecule is CC(O)(CNC(=O)c1cccc(C#N)c1)Cc1ccco1. The Morgan fingerprint density at radius 2 is 2.24 bits per heavy atom. The Bertz CT molecular complexity index is 654. The van der Waals surface area contributed by atoms with Gasteiger partial charge in [-0.15, -0.1) is 0 Å². The van der Waals surface area contributed by atoms with Gasteiger partial charge < -0.3 is 14.8 Å². The van der Waals surface area contributed by atoms with Crippen molar-refractivity contribution in [1.29, 1.82) is 5.26 Å². The van der Waals surface area contributed by atoms with Gasteiger partial charge in [0.1, 0.15) is 5.76 Å². The second-order valence-corrected chi connectivity index (χ2v) is 5.13. The lowest BCUT2D eigenvalue weighted by Gasteiger charge is -2.22. The van der Waals surface area contributed by atoms with Crippen molar-refractivity contribution >= 4 is 5.91 Å². The Morgan fingerprint density at radius 1 is 1.43 bits per heavy atom. The van der Waals surface area contributed by atoms with Crippen molar-refractivity contribution in [3.05, 3.63) is 59.5 Å². The number of benzene rings is 1. The molecule has 1 atom stereocenters. The molecule has 1 unspecified atom stereocenters. The van der Waals surface area contributed by atoms with Gasteiger partial charge in [0.15, 0.2) is 0 Å². The Kier molecular flexibility index (Phi) is 4.41. The smallest absolute Gasteiger partial charge is 0.251 e. The zero-order valence-corrected chi connectivity index (χ0v) is 11.7. The summed E-state index contributed by atoms with van der Waals surface area (Å²) in [6.07, 6.45) is 1.84. The Balaban J connectivity index is 1.95. The van der Waals surface area contributed by atoms with Crippen LogP contribution < -0.4 is 5.32 Å². The van der Waals surface area contributed by atoms with Gasteiger partial charge in [0.05, 0.1) is 23.5 Å². The summed E-state index contributed by atoms with van der Waals surface area (Å²) in [6, 6.07) is 11.9. The van der Waals surface area contributed by atoms with Crippen molar-refractivity contribution in [2.45, 2.75) is 18.9 Å². The predicted molar refractivity (Wildman–Crippen MR) is 76.5 cm³/mol. The molecule has 0 radical (unpaired) electrons. The average Bonchev–Trinajstić information content (AvgIpc) is 2.97. The van der Waals surface area contributed by atoms with Crippen LogP contribution >= 0.6 is 0 Å². The number of carbonyl (C=O) groups excluding carboxylic acids is 1. The number of nitrogens with zero attached hydrogens (tertiary/aromatic N) is 1. The number of nitrogens with one attached hydrogen (secondary N) is 1. The zero-order valence-electron chi connectivity index (χ0n) is 11.7. The zero-order chi connectivity index (χ0) is 15.3. The minimum atomic E-state index is -1.11. The van der Waals surface area contributed by atoms with Crippen LogP contribution in [0.1, 0.15) is 28.6 Å². The van der Waals surface area contributed by atoms with E-state index in [-0.39, 0.29) is 12.5 Å². The fourth-order valence-electron chi connectivity index (χ4n) is 1.95. The molecule has 0 aliphatic carbocycles. The van der Waals surface area contributed by atoms with E-state index in [1.807, 2.05) is 6.07 Å². The summed E-state index contributed by atoms with van der Waals surface area (Å²) >= 11 is 0. The molecule has 0 saturated carbocycles. The summed E-state index contributed by atoms with van der Waals surface area (Å²) < 4.78 is 5.18. The van der Waals surface area contributed by atoms with Gasteiger partial charge in [-0.2, -0.15) is 5.26 Å². The number of carbonyl (C=O) groups is 1. The first-order valence-electron chi connectivity index (χ1n) is 6.53. The first kappa shape index (κ1) is 14.8. The van der Waals surface area contributed by atoms with Crippen LogP contribution in [0.15, 0.2) is 47.1 Å². The van der Waals surface area contributed by atoms with Crippen molar-refractivity contribution in [2.24, 2.45) is 0 Å². The van der Waals surface area contributed by atoms with E-state index in [1.54, 1.807) is 37.3 Å². The highest BCUT2D eigenvalue weighted by molar-refractivity contribution is 5.94. The molecule has 1 amide bonds. The van der Waals surface area contributed by atoms with Gasteiger partial charge in [0.2, 0.25) is 0 Å². The molecule has 0 fully saturated rings. The van der Waals surface area contributed by atoms with Crippen LogP contribution in [0.25, 0.3) is 0 Å². The average molecular weight is 284 g/mol. The summed E-state index contributed by atoms with van der Waals surface area (Å²) in [7, 11) is 0. The monoisotopic (exact) mass is 284 g/mol. The normalized spacial score (nSPS) is 13.2. The molecule has 108 valence electrons. The second kappa shape index (κ2) is 6.25. The molecule has 21 heavy (non-hydrogen) atoms. The molecule has 0 aliphatic rings. The predicted octanol–water partition coefficient (Wildman–Crippen LogP) is 1.87. The molecule has 2 rings (SSSR count). The number of nitriles is 1. The van der Waals surface area contributed by atoms with Gasteiger partial charge in [-0.3, -0.25) is 4.79 Å². The Hall–Kier alpha value is -2.58. The molecular weight excluding hydrogens is 268 g/mol. The van der Waals surface area contributed by atoms with E-state index in [4.69, 9.17) is 9.68 Å².